The number of rotatable bonds is 9. The third-order valence-corrected chi connectivity index (χ3v) is 2.91. The van der Waals surface area contributed by atoms with Crippen molar-refractivity contribution in [2.24, 2.45) is 5.92 Å². The summed E-state index contributed by atoms with van der Waals surface area (Å²) in [7, 11) is 0. The van der Waals surface area contributed by atoms with Crippen LogP contribution in [0.4, 0.5) is 0 Å². The molecule has 2 unspecified atom stereocenters. The Hall–Kier alpha value is -0.740. The molecule has 0 heterocycles. The van der Waals surface area contributed by atoms with Gasteiger partial charge in [-0.1, -0.05) is 27.7 Å². The van der Waals surface area contributed by atoms with Crippen LogP contribution in [0.3, 0.4) is 0 Å². The van der Waals surface area contributed by atoms with Gasteiger partial charge in [0.15, 0.2) is 5.78 Å². The van der Waals surface area contributed by atoms with Crippen molar-refractivity contribution in [3.05, 3.63) is 0 Å². The van der Waals surface area contributed by atoms with E-state index in [4.69, 9.17) is 0 Å². The standard InChI is InChI=1S/C13H26N2O2/c1-6-10(4)12(16)7-15-11(5)13(17)8-14-9(2)3/h9-11,14-15H,6-8H2,1-5H3. The molecule has 0 aromatic heterocycles. The van der Waals surface area contributed by atoms with Gasteiger partial charge in [-0.15, -0.1) is 0 Å². The van der Waals surface area contributed by atoms with E-state index in [1.54, 1.807) is 6.92 Å². The second-order valence-electron chi connectivity index (χ2n) is 4.88. The van der Waals surface area contributed by atoms with Crippen molar-refractivity contribution in [2.75, 3.05) is 13.1 Å². The first-order valence-electron chi connectivity index (χ1n) is 6.40. The molecule has 4 nitrogen and oxygen atoms in total. The Bertz CT molecular complexity index is 252. The monoisotopic (exact) mass is 242 g/mol. The number of ketones is 2. The van der Waals surface area contributed by atoms with Crippen LogP contribution in [-0.2, 0) is 9.59 Å². The Morgan fingerprint density at radius 1 is 0.941 bits per heavy atom. The van der Waals surface area contributed by atoms with E-state index in [1.807, 2.05) is 27.7 Å². The molecule has 0 saturated heterocycles. The molecule has 4 heteroatoms. The maximum absolute atomic E-state index is 11.7. The Balaban J connectivity index is 3.89. The van der Waals surface area contributed by atoms with Crippen LogP contribution in [0.2, 0.25) is 0 Å². The fourth-order valence-corrected chi connectivity index (χ4v) is 1.23. The minimum absolute atomic E-state index is 0.0681. The van der Waals surface area contributed by atoms with Gasteiger partial charge in [-0.25, -0.2) is 0 Å². The predicted octanol–water partition coefficient (Wildman–Crippen LogP) is 1.15. The first kappa shape index (κ1) is 16.3. The lowest BCUT2D eigenvalue weighted by Gasteiger charge is -2.15. The molecule has 0 fully saturated rings. The molecule has 2 atom stereocenters. The SMILES string of the molecule is CCC(C)C(=O)CNC(C)C(=O)CNC(C)C. The summed E-state index contributed by atoms with van der Waals surface area (Å²) in [6, 6.07) is 0.0298. The summed E-state index contributed by atoms with van der Waals surface area (Å²) in [5.74, 6) is 0.332. The quantitative estimate of drug-likeness (QED) is 0.637. The summed E-state index contributed by atoms with van der Waals surface area (Å²) in [5.41, 5.74) is 0. The van der Waals surface area contributed by atoms with Crippen molar-refractivity contribution < 1.29 is 9.59 Å². The van der Waals surface area contributed by atoms with Gasteiger partial charge in [0.05, 0.1) is 19.1 Å². The van der Waals surface area contributed by atoms with Gasteiger partial charge in [-0.2, -0.15) is 0 Å². The molecule has 0 rings (SSSR count). The smallest absolute Gasteiger partial charge is 0.163 e. The zero-order valence-corrected chi connectivity index (χ0v) is 11.7. The second-order valence-corrected chi connectivity index (χ2v) is 4.88. The molecule has 0 radical (unpaired) electrons. The molecule has 0 bridgehead atoms. The van der Waals surface area contributed by atoms with Crippen LogP contribution in [0.1, 0.15) is 41.0 Å². The maximum atomic E-state index is 11.7. The molecule has 2 N–H and O–H groups in total. The molecule has 0 aliphatic rings. The van der Waals surface area contributed by atoms with E-state index in [0.717, 1.165) is 6.42 Å². The summed E-state index contributed by atoms with van der Waals surface area (Å²) in [6.07, 6.45) is 0.845. The average Bonchev–Trinajstić information content (AvgIpc) is 2.31. The third-order valence-electron chi connectivity index (χ3n) is 2.91. The van der Waals surface area contributed by atoms with Gasteiger partial charge in [-0.05, 0) is 13.3 Å². The van der Waals surface area contributed by atoms with Crippen LogP contribution in [0, 0.1) is 5.92 Å². The molecular formula is C13H26N2O2. The van der Waals surface area contributed by atoms with E-state index in [1.165, 1.54) is 0 Å². The van der Waals surface area contributed by atoms with Gasteiger partial charge in [-0.3, -0.25) is 9.59 Å². The van der Waals surface area contributed by atoms with Crippen LogP contribution in [0.15, 0.2) is 0 Å². The highest BCUT2D eigenvalue weighted by Crippen LogP contribution is 2.01. The lowest BCUT2D eigenvalue weighted by atomic mass is 10.0. The van der Waals surface area contributed by atoms with E-state index in [0.29, 0.717) is 12.6 Å². The van der Waals surface area contributed by atoms with Gasteiger partial charge in [0, 0.05) is 12.0 Å². The van der Waals surface area contributed by atoms with E-state index >= 15 is 0 Å². The summed E-state index contributed by atoms with van der Waals surface area (Å²) < 4.78 is 0. The number of Topliss-reactive ketones (excluding diaryl/α,β-unsaturated/α-hetero) is 2. The van der Waals surface area contributed by atoms with Crippen LogP contribution >= 0.6 is 0 Å². The molecule has 100 valence electrons. The van der Waals surface area contributed by atoms with Crippen LogP contribution in [0.25, 0.3) is 0 Å². The predicted molar refractivity (Wildman–Crippen MR) is 70.1 cm³/mol. The van der Waals surface area contributed by atoms with Crippen molar-refractivity contribution in [3.63, 3.8) is 0 Å². The third kappa shape index (κ3) is 7.23. The van der Waals surface area contributed by atoms with Gasteiger partial charge in [0.2, 0.25) is 0 Å². The lowest BCUT2D eigenvalue weighted by molar-refractivity contribution is -0.122. The van der Waals surface area contributed by atoms with E-state index in [-0.39, 0.29) is 30.1 Å². The Morgan fingerprint density at radius 3 is 1.94 bits per heavy atom. The molecule has 0 amide bonds. The Kier molecular flexibility index (Phi) is 8.00. The van der Waals surface area contributed by atoms with Crippen molar-refractivity contribution in [2.45, 2.75) is 53.1 Å². The fourth-order valence-electron chi connectivity index (χ4n) is 1.23. The summed E-state index contributed by atoms with van der Waals surface area (Å²) in [5, 5.41) is 6.06. The average molecular weight is 242 g/mol. The van der Waals surface area contributed by atoms with Crippen LogP contribution in [-0.4, -0.2) is 36.7 Å². The largest absolute Gasteiger partial charge is 0.308 e. The summed E-state index contributed by atoms with van der Waals surface area (Å²) in [4.78, 5) is 23.2. The van der Waals surface area contributed by atoms with Gasteiger partial charge >= 0.3 is 0 Å². The topological polar surface area (TPSA) is 58.2 Å². The van der Waals surface area contributed by atoms with Gasteiger partial charge in [0.1, 0.15) is 5.78 Å². The molecule has 0 saturated carbocycles. The first-order chi connectivity index (χ1) is 7.88. The second kappa shape index (κ2) is 8.37. The lowest BCUT2D eigenvalue weighted by Crippen LogP contribution is -2.43. The highest BCUT2D eigenvalue weighted by atomic mass is 16.1. The number of carbonyl (C=O) groups is 2. The minimum atomic E-state index is -0.269. The molecule has 0 aromatic rings. The summed E-state index contributed by atoms with van der Waals surface area (Å²) in [6.45, 7) is 10.3. The van der Waals surface area contributed by atoms with E-state index in [9.17, 15) is 9.59 Å². The van der Waals surface area contributed by atoms with Gasteiger partial charge < -0.3 is 10.6 Å². The highest BCUT2D eigenvalue weighted by molar-refractivity contribution is 5.87. The highest BCUT2D eigenvalue weighted by Gasteiger charge is 2.15. The summed E-state index contributed by atoms with van der Waals surface area (Å²) >= 11 is 0. The molecular weight excluding hydrogens is 216 g/mol. The zero-order valence-electron chi connectivity index (χ0n) is 11.7. The Labute approximate surface area is 105 Å². The van der Waals surface area contributed by atoms with E-state index in [2.05, 4.69) is 10.6 Å². The molecule has 0 aliphatic carbocycles. The van der Waals surface area contributed by atoms with E-state index < -0.39 is 0 Å². The fraction of sp³-hybridized carbons (Fsp3) is 0.846. The van der Waals surface area contributed by atoms with Crippen LogP contribution in [0.5, 0.6) is 0 Å². The molecule has 0 aromatic carbocycles. The number of hydrogen-bond acceptors (Lipinski definition) is 4. The van der Waals surface area contributed by atoms with Crippen molar-refractivity contribution in [1.82, 2.24) is 10.6 Å². The number of carbonyl (C=O) groups excluding carboxylic acids is 2. The van der Waals surface area contributed by atoms with Crippen molar-refractivity contribution >= 4 is 11.6 Å². The van der Waals surface area contributed by atoms with Crippen LogP contribution < -0.4 is 10.6 Å². The normalized spacial score (nSPS) is 14.7. The van der Waals surface area contributed by atoms with Crippen molar-refractivity contribution in [3.8, 4) is 0 Å². The number of hydrogen-bond donors (Lipinski definition) is 2. The first-order valence-corrected chi connectivity index (χ1v) is 6.40. The zero-order chi connectivity index (χ0) is 13.4. The van der Waals surface area contributed by atoms with Gasteiger partial charge in [0.25, 0.3) is 0 Å². The molecule has 0 aliphatic heterocycles. The molecule has 17 heavy (non-hydrogen) atoms. The number of nitrogens with one attached hydrogen (secondary N) is 2. The molecule has 0 spiro atoms. The Morgan fingerprint density at radius 2 is 1.47 bits per heavy atom. The maximum Gasteiger partial charge on any atom is 0.163 e. The minimum Gasteiger partial charge on any atom is -0.308 e. The van der Waals surface area contributed by atoms with Crippen molar-refractivity contribution in [1.29, 1.82) is 0 Å².